The first-order valence-corrected chi connectivity index (χ1v) is 10.9. The summed E-state index contributed by atoms with van der Waals surface area (Å²) in [6.45, 7) is 2.18. The van der Waals surface area contributed by atoms with Crippen molar-refractivity contribution in [3.05, 3.63) is 94.3 Å². The number of aromatic nitrogens is 2. The number of nitrogens with zero attached hydrogens (tertiary/aromatic N) is 3. The van der Waals surface area contributed by atoms with Crippen molar-refractivity contribution >= 4 is 22.8 Å². The molecule has 2 amide bonds. The van der Waals surface area contributed by atoms with Gasteiger partial charge in [0.2, 0.25) is 0 Å². The summed E-state index contributed by atoms with van der Waals surface area (Å²) in [6, 6.07) is 16.6. The van der Waals surface area contributed by atoms with Crippen LogP contribution in [0.4, 0.5) is 0 Å². The second kappa shape index (κ2) is 8.79. The number of nitrogens with one attached hydrogen (secondary N) is 2. The Hall–Kier alpha value is -4.51. The Morgan fingerprint density at radius 3 is 2.74 bits per heavy atom. The zero-order chi connectivity index (χ0) is 23.7. The van der Waals surface area contributed by atoms with E-state index in [1.165, 1.54) is 12.4 Å². The quantitative estimate of drug-likeness (QED) is 0.477. The largest absolute Gasteiger partial charge is 0.461 e. The van der Waals surface area contributed by atoms with Crippen LogP contribution in [0.2, 0.25) is 0 Å². The van der Waals surface area contributed by atoms with Crippen molar-refractivity contribution < 1.29 is 14.0 Å². The highest BCUT2D eigenvalue weighted by atomic mass is 16.3. The van der Waals surface area contributed by atoms with Gasteiger partial charge in [-0.15, -0.1) is 0 Å². The normalized spacial score (nSPS) is 14.4. The number of amides is 2. The van der Waals surface area contributed by atoms with Crippen LogP contribution in [0.1, 0.15) is 61.5 Å². The third kappa shape index (κ3) is 4.24. The van der Waals surface area contributed by atoms with Crippen LogP contribution < -0.4 is 10.6 Å². The van der Waals surface area contributed by atoms with Crippen LogP contribution in [0.3, 0.4) is 0 Å². The van der Waals surface area contributed by atoms with Gasteiger partial charge >= 0.3 is 0 Å². The van der Waals surface area contributed by atoms with Gasteiger partial charge in [0.25, 0.3) is 11.8 Å². The van der Waals surface area contributed by atoms with E-state index in [4.69, 9.17) is 9.68 Å². The first-order chi connectivity index (χ1) is 16.5. The monoisotopic (exact) mass is 451 g/mol. The van der Waals surface area contributed by atoms with E-state index in [0.717, 1.165) is 46.3 Å². The third-order valence-electron chi connectivity index (χ3n) is 5.95. The van der Waals surface area contributed by atoms with Crippen molar-refractivity contribution in [3.63, 3.8) is 0 Å². The Kier molecular flexibility index (Phi) is 5.52. The minimum absolute atomic E-state index is 0.112. The van der Waals surface area contributed by atoms with Crippen LogP contribution >= 0.6 is 0 Å². The fraction of sp³-hybridized carbons (Fsp3) is 0.192. The molecule has 2 N–H and O–H groups in total. The summed E-state index contributed by atoms with van der Waals surface area (Å²) < 4.78 is 5.64. The maximum atomic E-state index is 12.8. The minimum atomic E-state index is -0.401. The Bertz CT molecular complexity index is 1470. The SMILES string of the molecule is Cc1cc2ccc(CNC(=O)c3cc(C(=O)N[C@@H]4CCc5cc(C#N)ccc54)ncn3)cc2o1. The molecule has 2 heterocycles. The predicted molar refractivity (Wildman–Crippen MR) is 124 cm³/mol. The summed E-state index contributed by atoms with van der Waals surface area (Å²) in [5.41, 5.74) is 4.56. The van der Waals surface area contributed by atoms with Crippen molar-refractivity contribution in [1.29, 1.82) is 5.26 Å². The van der Waals surface area contributed by atoms with Gasteiger partial charge in [0, 0.05) is 18.0 Å². The molecule has 0 unspecified atom stereocenters. The van der Waals surface area contributed by atoms with Crippen LogP contribution in [0.15, 0.2) is 59.3 Å². The first kappa shape index (κ1) is 21.3. The van der Waals surface area contributed by atoms with E-state index in [2.05, 4.69) is 26.7 Å². The lowest BCUT2D eigenvalue weighted by atomic mass is 10.1. The van der Waals surface area contributed by atoms with Crippen molar-refractivity contribution in [3.8, 4) is 6.07 Å². The van der Waals surface area contributed by atoms with Crippen LogP contribution in [-0.2, 0) is 13.0 Å². The second-order valence-electron chi connectivity index (χ2n) is 8.29. The Morgan fingerprint density at radius 1 is 1.09 bits per heavy atom. The summed E-state index contributed by atoms with van der Waals surface area (Å²) in [7, 11) is 0. The first-order valence-electron chi connectivity index (χ1n) is 10.9. The zero-order valence-electron chi connectivity index (χ0n) is 18.5. The van der Waals surface area contributed by atoms with Gasteiger partial charge in [0.05, 0.1) is 17.7 Å². The topological polar surface area (TPSA) is 121 Å². The predicted octanol–water partition coefficient (Wildman–Crippen LogP) is 3.75. The lowest BCUT2D eigenvalue weighted by molar-refractivity contribution is 0.0931. The zero-order valence-corrected chi connectivity index (χ0v) is 18.5. The average molecular weight is 451 g/mol. The molecule has 0 aliphatic heterocycles. The number of furan rings is 1. The molecule has 0 fully saturated rings. The van der Waals surface area contributed by atoms with Gasteiger partial charge in [-0.25, -0.2) is 9.97 Å². The number of hydrogen-bond acceptors (Lipinski definition) is 6. The smallest absolute Gasteiger partial charge is 0.270 e. The number of fused-ring (bicyclic) bond motifs is 2. The number of benzene rings is 2. The van der Waals surface area contributed by atoms with E-state index >= 15 is 0 Å². The summed E-state index contributed by atoms with van der Waals surface area (Å²) in [6.07, 6.45) is 2.74. The third-order valence-corrected chi connectivity index (χ3v) is 5.95. The molecule has 8 nitrogen and oxygen atoms in total. The molecule has 8 heteroatoms. The lowest BCUT2D eigenvalue weighted by Gasteiger charge is -2.14. The van der Waals surface area contributed by atoms with Crippen LogP contribution in [0.5, 0.6) is 0 Å². The highest BCUT2D eigenvalue weighted by Crippen LogP contribution is 2.31. The van der Waals surface area contributed by atoms with Gasteiger partial charge < -0.3 is 15.1 Å². The van der Waals surface area contributed by atoms with Gasteiger partial charge in [-0.1, -0.05) is 18.2 Å². The van der Waals surface area contributed by atoms with Gasteiger partial charge in [0.15, 0.2) is 0 Å². The van der Waals surface area contributed by atoms with E-state index in [0.29, 0.717) is 12.1 Å². The van der Waals surface area contributed by atoms with Gasteiger partial charge in [-0.2, -0.15) is 5.26 Å². The van der Waals surface area contributed by atoms with E-state index < -0.39 is 5.91 Å². The summed E-state index contributed by atoms with van der Waals surface area (Å²) in [4.78, 5) is 33.5. The molecule has 1 aliphatic carbocycles. The van der Waals surface area contributed by atoms with E-state index in [1.54, 1.807) is 6.07 Å². The average Bonchev–Trinajstić information content (AvgIpc) is 3.43. The lowest BCUT2D eigenvalue weighted by Crippen LogP contribution is -2.29. The maximum absolute atomic E-state index is 12.8. The van der Waals surface area contributed by atoms with Crippen LogP contribution in [-0.4, -0.2) is 21.8 Å². The molecular formula is C26H21N5O3. The van der Waals surface area contributed by atoms with Crippen LogP contribution in [0, 0.1) is 18.3 Å². The van der Waals surface area contributed by atoms with Gasteiger partial charge in [-0.05, 0) is 60.7 Å². The Morgan fingerprint density at radius 2 is 1.91 bits per heavy atom. The molecule has 1 atom stereocenters. The van der Waals surface area contributed by atoms with Gasteiger partial charge in [0.1, 0.15) is 29.1 Å². The molecule has 168 valence electrons. The molecule has 0 bridgehead atoms. The molecule has 0 saturated heterocycles. The van der Waals surface area contributed by atoms with Crippen molar-refractivity contribution in [2.75, 3.05) is 0 Å². The van der Waals surface area contributed by atoms with Crippen molar-refractivity contribution in [2.45, 2.75) is 32.4 Å². The highest BCUT2D eigenvalue weighted by molar-refractivity contribution is 5.97. The molecule has 2 aromatic carbocycles. The molecule has 2 aromatic heterocycles. The number of carbonyl (C=O) groups excluding carboxylic acids is 2. The van der Waals surface area contributed by atoms with E-state index in [9.17, 15) is 9.59 Å². The molecular weight excluding hydrogens is 430 g/mol. The minimum Gasteiger partial charge on any atom is -0.461 e. The van der Waals surface area contributed by atoms with E-state index in [1.807, 2.05) is 43.3 Å². The maximum Gasteiger partial charge on any atom is 0.270 e. The fourth-order valence-corrected chi connectivity index (χ4v) is 4.27. The molecule has 1 aliphatic rings. The second-order valence-corrected chi connectivity index (χ2v) is 8.29. The summed E-state index contributed by atoms with van der Waals surface area (Å²) >= 11 is 0. The molecule has 0 spiro atoms. The number of nitriles is 1. The number of carbonyl (C=O) groups is 2. The van der Waals surface area contributed by atoms with Crippen molar-refractivity contribution in [2.24, 2.45) is 0 Å². The number of rotatable bonds is 5. The molecule has 4 aromatic rings. The molecule has 34 heavy (non-hydrogen) atoms. The Labute approximate surface area is 195 Å². The Balaban J connectivity index is 1.24. The van der Waals surface area contributed by atoms with E-state index in [-0.39, 0.29) is 23.3 Å². The summed E-state index contributed by atoms with van der Waals surface area (Å²) in [5.74, 6) is 0.0516. The fourth-order valence-electron chi connectivity index (χ4n) is 4.27. The van der Waals surface area contributed by atoms with Gasteiger partial charge in [-0.3, -0.25) is 9.59 Å². The molecule has 0 saturated carbocycles. The summed E-state index contributed by atoms with van der Waals surface area (Å²) in [5, 5.41) is 15.9. The number of hydrogen-bond donors (Lipinski definition) is 2. The number of aryl methyl sites for hydroxylation is 2. The van der Waals surface area contributed by atoms with Crippen LogP contribution in [0.25, 0.3) is 11.0 Å². The highest BCUT2D eigenvalue weighted by Gasteiger charge is 2.25. The molecule has 5 rings (SSSR count). The van der Waals surface area contributed by atoms with Crippen molar-refractivity contribution in [1.82, 2.24) is 20.6 Å². The standard InChI is InChI=1S/C26H21N5O3/c1-15-8-19-4-2-17(10-24(19)34-15)13-28-25(32)22-11-23(30-14-29-22)26(33)31-21-7-5-18-9-16(12-27)3-6-20(18)21/h2-4,6,8-11,14,21H,5,7,13H2,1H3,(H,28,32)(H,31,33)/t21-/m1/s1. The molecule has 0 radical (unpaired) electrons.